The Morgan fingerprint density at radius 3 is 2.80 bits per heavy atom. The van der Waals surface area contributed by atoms with Crippen LogP contribution in [0, 0.1) is 5.92 Å². The fraction of sp³-hybridized carbons (Fsp3) is 0.889. The molecule has 3 atom stereocenters. The Labute approximate surface area is 150 Å². The summed E-state index contributed by atoms with van der Waals surface area (Å²) < 4.78 is 5.35. The second-order valence-corrected chi connectivity index (χ2v) is 8.01. The van der Waals surface area contributed by atoms with Crippen molar-refractivity contribution in [3.63, 3.8) is 0 Å². The average molecular weight is 352 g/mol. The largest absolute Gasteiger partial charge is 0.379 e. The predicted molar refractivity (Wildman–Crippen MR) is 94.9 cm³/mol. The maximum absolute atomic E-state index is 12.6. The van der Waals surface area contributed by atoms with Crippen LogP contribution in [0.5, 0.6) is 0 Å². The summed E-state index contributed by atoms with van der Waals surface area (Å²) in [5, 5.41) is 3.09. The van der Waals surface area contributed by atoms with Gasteiger partial charge in [-0.3, -0.25) is 14.5 Å². The summed E-state index contributed by atoms with van der Waals surface area (Å²) in [6.07, 6.45) is 4.29. The Balaban J connectivity index is 1.46. The van der Waals surface area contributed by atoms with Crippen LogP contribution in [0.2, 0.25) is 0 Å². The Hall–Kier alpha value is -1.18. The van der Waals surface area contributed by atoms with Crippen LogP contribution in [-0.4, -0.2) is 79.1 Å². The average Bonchev–Trinajstić information content (AvgIpc) is 2.92. The molecule has 0 aromatic rings. The normalized spacial score (nSPS) is 34.3. The van der Waals surface area contributed by atoms with Crippen molar-refractivity contribution in [3.8, 4) is 0 Å². The third-order valence-electron chi connectivity index (χ3n) is 5.92. The van der Waals surface area contributed by atoms with Gasteiger partial charge in [-0.15, -0.1) is 0 Å². The van der Waals surface area contributed by atoms with E-state index >= 15 is 0 Å². The number of carbonyl (C=O) groups is 2. The van der Waals surface area contributed by atoms with Gasteiger partial charge in [0.2, 0.25) is 11.8 Å². The minimum absolute atomic E-state index is 0.0255. The fourth-order valence-corrected chi connectivity index (χ4v) is 4.26. The molecule has 7 nitrogen and oxygen atoms in total. The van der Waals surface area contributed by atoms with Crippen LogP contribution in [0.4, 0.5) is 0 Å². The molecule has 3 aliphatic rings. The highest BCUT2D eigenvalue weighted by Crippen LogP contribution is 2.32. The minimum atomic E-state index is -0.430. The van der Waals surface area contributed by atoms with Crippen LogP contribution >= 0.6 is 0 Å². The minimum Gasteiger partial charge on any atom is -0.379 e. The van der Waals surface area contributed by atoms with Gasteiger partial charge >= 0.3 is 0 Å². The summed E-state index contributed by atoms with van der Waals surface area (Å²) >= 11 is 0. The van der Waals surface area contributed by atoms with Crippen molar-refractivity contribution in [1.82, 2.24) is 15.1 Å². The van der Waals surface area contributed by atoms with E-state index in [1.165, 1.54) is 0 Å². The van der Waals surface area contributed by atoms with Crippen LogP contribution in [0.1, 0.15) is 39.0 Å². The van der Waals surface area contributed by atoms with Crippen LogP contribution in [-0.2, 0) is 14.3 Å². The molecule has 0 aromatic carbocycles. The molecule has 0 aromatic heterocycles. The lowest BCUT2D eigenvalue weighted by molar-refractivity contribution is -0.128. The van der Waals surface area contributed by atoms with E-state index in [4.69, 9.17) is 10.5 Å². The van der Waals surface area contributed by atoms with E-state index in [1.54, 1.807) is 0 Å². The molecule has 0 radical (unpaired) electrons. The SMILES string of the molecule is CC1(N)CCCCC1C(=O)NC1CC(=O)N(CCN2CCOCC2)C1. The molecule has 25 heavy (non-hydrogen) atoms. The van der Waals surface area contributed by atoms with Crippen molar-refractivity contribution >= 4 is 11.8 Å². The molecule has 3 fully saturated rings. The van der Waals surface area contributed by atoms with E-state index in [0.29, 0.717) is 13.0 Å². The van der Waals surface area contributed by atoms with E-state index < -0.39 is 5.54 Å². The number of likely N-dealkylation sites (tertiary alicyclic amines) is 1. The lowest BCUT2D eigenvalue weighted by Crippen LogP contribution is -2.54. The zero-order valence-corrected chi connectivity index (χ0v) is 15.3. The molecule has 7 heteroatoms. The van der Waals surface area contributed by atoms with Crippen molar-refractivity contribution < 1.29 is 14.3 Å². The summed E-state index contributed by atoms with van der Waals surface area (Å²) in [5.74, 6) is 0.0222. The summed E-state index contributed by atoms with van der Waals surface area (Å²) in [5.41, 5.74) is 5.90. The monoisotopic (exact) mass is 352 g/mol. The van der Waals surface area contributed by atoms with Crippen LogP contribution in [0.25, 0.3) is 0 Å². The molecule has 1 saturated carbocycles. The van der Waals surface area contributed by atoms with Crippen molar-refractivity contribution in [2.45, 2.75) is 50.6 Å². The van der Waals surface area contributed by atoms with Crippen molar-refractivity contribution in [3.05, 3.63) is 0 Å². The van der Waals surface area contributed by atoms with Crippen LogP contribution in [0.3, 0.4) is 0 Å². The first-order valence-corrected chi connectivity index (χ1v) is 9.63. The Morgan fingerprint density at radius 1 is 1.32 bits per heavy atom. The lowest BCUT2D eigenvalue weighted by Gasteiger charge is -2.37. The number of hydrogen-bond acceptors (Lipinski definition) is 5. The van der Waals surface area contributed by atoms with E-state index in [-0.39, 0.29) is 23.8 Å². The smallest absolute Gasteiger partial charge is 0.225 e. The van der Waals surface area contributed by atoms with Gasteiger partial charge in [0.05, 0.1) is 25.2 Å². The molecular formula is C18H32N4O3. The first-order valence-electron chi connectivity index (χ1n) is 9.63. The second-order valence-electron chi connectivity index (χ2n) is 8.01. The van der Waals surface area contributed by atoms with Crippen LogP contribution < -0.4 is 11.1 Å². The number of ether oxygens (including phenoxy) is 1. The summed E-state index contributed by atoms with van der Waals surface area (Å²) in [4.78, 5) is 29.1. The molecule has 2 aliphatic heterocycles. The molecule has 2 amide bonds. The molecule has 3 rings (SSSR count). The second kappa shape index (κ2) is 8.01. The van der Waals surface area contributed by atoms with E-state index in [1.807, 2.05) is 11.8 Å². The molecular weight excluding hydrogens is 320 g/mol. The number of carbonyl (C=O) groups excluding carboxylic acids is 2. The lowest BCUT2D eigenvalue weighted by atomic mass is 9.74. The topological polar surface area (TPSA) is 87.9 Å². The number of hydrogen-bond donors (Lipinski definition) is 2. The van der Waals surface area contributed by atoms with Gasteiger partial charge in [0.25, 0.3) is 0 Å². The number of morpholine rings is 1. The molecule has 0 bridgehead atoms. The van der Waals surface area contributed by atoms with Gasteiger partial charge in [-0.2, -0.15) is 0 Å². The molecule has 2 saturated heterocycles. The zero-order valence-electron chi connectivity index (χ0n) is 15.3. The van der Waals surface area contributed by atoms with Crippen molar-refractivity contribution in [1.29, 1.82) is 0 Å². The quantitative estimate of drug-likeness (QED) is 0.724. The summed E-state index contributed by atoms with van der Waals surface area (Å²) in [7, 11) is 0. The number of nitrogens with one attached hydrogen (secondary N) is 1. The van der Waals surface area contributed by atoms with E-state index in [0.717, 1.165) is 65.1 Å². The predicted octanol–water partition coefficient (Wildman–Crippen LogP) is -0.0567. The highest BCUT2D eigenvalue weighted by molar-refractivity contribution is 5.84. The third kappa shape index (κ3) is 4.71. The van der Waals surface area contributed by atoms with Gasteiger partial charge in [-0.1, -0.05) is 12.8 Å². The summed E-state index contributed by atoms with van der Waals surface area (Å²) in [6, 6.07) is -0.0811. The Kier molecular flexibility index (Phi) is 5.96. The highest BCUT2D eigenvalue weighted by Gasteiger charge is 2.39. The van der Waals surface area contributed by atoms with Gasteiger partial charge in [0.15, 0.2) is 0 Å². The van der Waals surface area contributed by atoms with Crippen LogP contribution in [0.15, 0.2) is 0 Å². The van der Waals surface area contributed by atoms with Gasteiger partial charge in [-0.25, -0.2) is 0 Å². The maximum atomic E-state index is 12.6. The Morgan fingerprint density at radius 2 is 2.08 bits per heavy atom. The molecule has 2 heterocycles. The first kappa shape index (κ1) is 18.6. The van der Waals surface area contributed by atoms with Gasteiger partial charge < -0.3 is 20.7 Å². The molecule has 3 unspecified atom stereocenters. The van der Waals surface area contributed by atoms with E-state index in [2.05, 4.69) is 10.2 Å². The van der Waals surface area contributed by atoms with Gasteiger partial charge in [0.1, 0.15) is 0 Å². The fourth-order valence-electron chi connectivity index (χ4n) is 4.26. The molecule has 1 aliphatic carbocycles. The molecule has 142 valence electrons. The number of amides is 2. The number of nitrogens with two attached hydrogens (primary N) is 1. The molecule has 0 spiro atoms. The van der Waals surface area contributed by atoms with Gasteiger partial charge in [-0.05, 0) is 19.8 Å². The Bertz CT molecular complexity index is 491. The summed E-state index contributed by atoms with van der Waals surface area (Å²) in [6.45, 7) is 7.59. The van der Waals surface area contributed by atoms with Gasteiger partial charge in [0, 0.05) is 44.7 Å². The van der Waals surface area contributed by atoms with Crippen molar-refractivity contribution in [2.75, 3.05) is 45.9 Å². The number of rotatable bonds is 5. The first-order chi connectivity index (χ1) is 12.0. The standard InChI is InChI=1S/C18H32N4O3/c1-18(19)5-3-2-4-15(18)17(24)20-14-12-16(23)22(13-14)7-6-21-8-10-25-11-9-21/h14-15H,2-13,19H2,1H3,(H,20,24). The van der Waals surface area contributed by atoms with E-state index in [9.17, 15) is 9.59 Å². The zero-order chi connectivity index (χ0) is 17.9. The highest BCUT2D eigenvalue weighted by atomic mass is 16.5. The molecule has 3 N–H and O–H groups in total. The third-order valence-corrected chi connectivity index (χ3v) is 5.92. The van der Waals surface area contributed by atoms with Crippen molar-refractivity contribution in [2.24, 2.45) is 11.7 Å². The number of nitrogens with zero attached hydrogens (tertiary/aromatic N) is 2. The maximum Gasteiger partial charge on any atom is 0.225 e.